The van der Waals surface area contributed by atoms with Crippen LogP contribution >= 0.6 is 0 Å². The van der Waals surface area contributed by atoms with Crippen molar-refractivity contribution in [1.82, 2.24) is 4.90 Å². The number of furan rings is 1. The lowest BCUT2D eigenvalue weighted by molar-refractivity contribution is 0.00281. The van der Waals surface area contributed by atoms with Gasteiger partial charge in [-0.15, -0.1) is 0 Å². The normalized spacial score (nSPS) is 12.6. The number of halogens is 1. The molecule has 0 fully saturated rings. The first-order valence-electron chi connectivity index (χ1n) is 8.41. The molecular weight excluding hydrogens is 325 g/mol. The van der Waals surface area contributed by atoms with Crippen LogP contribution < -0.4 is 0 Å². The lowest BCUT2D eigenvalue weighted by Crippen LogP contribution is -2.35. The van der Waals surface area contributed by atoms with Crippen molar-refractivity contribution in [2.24, 2.45) is 0 Å². The molecule has 1 atom stereocenters. The van der Waals surface area contributed by atoms with Gasteiger partial charge in [0, 0.05) is 33.4 Å². The van der Waals surface area contributed by atoms with Gasteiger partial charge in [0.15, 0.2) is 0 Å². The minimum atomic E-state index is -0.613. The average molecular weight is 351 g/mol. The highest BCUT2D eigenvalue weighted by Gasteiger charge is 2.13. The number of benzene rings is 1. The summed E-state index contributed by atoms with van der Waals surface area (Å²) in [5, 5.41) is 10.2. The zero-order valence-electron chi connectivity index (χ0n) is 14.6. The molecule has 1 heterocycles. The fraction of sp³-hybridized carbons (Fsp3) is 0.474. The summed E-state index contributed by atoms with van der Waals surface area (Å²) >= 11 is 0. The molecule has 1 aromatic carbocycles. The van der Waals surface area contributed by atoms with Crippen molar-refractivity contribution in [1.29, 1.82) is 0 Å². The van der Waals surface area contributed by atoms with E-state index in [2.05, 4.69) is 4.90 Å². The molecule has 0 aliphatic carbocycles. The Morgan fingerprint density at radius 1 is 1.24 bits per heavy atom. The van der Waals surface area contributed by atoms with Gasteiger partial charge in [-0.25, -0.2) is 4.39 Å². The SMILES string of the molecule is COCCCN(Cc1ccc(F)cc1)CC(O)COCc1ccco1. The van der Waals surface area contributed by atoms with E-state index in [-0.39, 0.29) is 12.4 Å². The van der Waals surface area contributed by atoms with Gasteiger partial charge in [-0.1, -0.05) is 12.1 Å². The molecule has 1 N–H and O–H groups in total. The van der Waals surface area contributed by atoms with Crippen molar-refractivity contribution in [3.8, 4) is 0 Å². The zero-order valence-corrected chi connectivity index (χ0v) is 14.6. The van der Waals surface area contributed by atoms with Crippen LogP contribution in [-0.4, -0.2) is 49.5 Å². The second-order valence-electron chi connectivity index (χ2n) is 5.96. The van der Waals surface area contributed by atoms with Crippen molar-refractivity contribution in [3.05, 3.63) is 59.8 Å². The lowest BCUT2D eigenvalue weighted by atomic mass is 10.2. The highest BCUT2D eigenvalue weighted by atomic mass is 19.1. The molecule has 2 aromatic rings. The van der Waals surface area contributed by atoms with E-state index >= 15 is 0 Å². The summed E-state index contributed by atoms with van der Waals surface area (Å²) in [5.74, 6) is 0.483. The van der Waals surface area contributed by atoms with Gasteiger partial charge in [-0.05, 0) is 36.2 Å². The highest BCUT2D eigenvalue weighted by Crippen LogP contribution is 2.09. The molecule has 0 saturated carbocycles. The van der Waals surface area contributed by atoms with E-state index in [1.165, 1.54) is 12.1 Å². The quantitative estimate of drug-likeness (QED) is 0.596. The predicted octanol–water partition coefficient (Wildman–Crippen LogP) is 2.83. The van der Waals surface area contributed by atoms with Crippen molar-refractivity contribution >= 4 is 0 Å². The van der Waals surface area contributed by atoms with Gasteiger partial charge in [0.05, 0.1) is 19.0 Å². The van der Waals surface area contributed by atoms with Crippen LogP contribution in [0, 0.1) is 5.82 Å². The second kappa shape index (κ2) is 11.0. The number of hydrogen-bond acceptors (Lipinski definition) is 5. The molecule has 0 bridgehead atoms. The summed E-state index contributed by atoms with van der Waals surface area (Å²) in [6.07, 6.45) is 1.84. The Bertz CT molecular complexity index is 574. The maximum atomic E-state index is 13.0. The smallest absolute Gasteiger partial charge is 0.129 e. The van der Waals surface area contributed by atoms with Gasteiger partial charge >= 0.3 is 0 Å². The van der Waals surface area contributed by atoms with E-state index in [9.17, 15) is 9.50 Å². The molecule has 0 spiro atoms. The van der Waals surface area contributed by atoms with Crippen molar-refractivity contribution in [2.45, 2.75) is 25.7 Å². The van der Waals surface area contributed by atoms with Crippen LogP contribution in [0.25, 0.3) is 0 Å². The van der Waals surface area contributed by atoms with Crippen LogP contribution in [0.1, 0.15) is 17.7 Å². The highest BCUT2D eigenvalue weighted by molar-refractivity contribution is 5.15. The van der Waals surface area contributed by atoms with Crippen LogP contribution in [0.3, 0.4) is 0 Å². The Balaban J connectivity index is 1.79. The standard InChI is InChI=1S/C19H26FNO4/c1-23-10-3-9-21(12-16-5-7-17(20)8-6-16)13-18(22)14-24-15-19-4-2-11-25-19/h2,4-8,11,18,22H,3,9-10,12-15H2,1H3. The zero-order chi connectivity index (χ0) is 17.9. The Morgan fingerprint density at radius 3 is 2.72 bits per heavy atom. The summed E-state index contributed by atoms with van der Waals surface area (Å²) in [6.45, 7) is 3.11. The van der Waals surface area contributed by atoms with Gasteiger partial charge in [0.1, 0.15) is 18.2 Å². The third-order valence-corrected chi connectivity index (χ3v) is 3.75. The largest absolute Gasteiger partial charge is 0.467 e. The van der Waals surface area contributed by atoms with Gasteiger partial charge in [0.2, 0.25) is 0 Å². The van der Waals surface area contributed by atoms with E-state index in [4.69, 9.17) is 13.9 Å². The summed E-state index contributed by atoms with van der Waals surface area (Å²) < 4.78 is 28.8. The van der Waals surface area contributed by atoms with E-state index in [0.717, 1.165) is 24.3 Å². The predicted molar refractivity (Wildman–Crippen MR) is 92.5 cm³/mol. The van der Waals surface area contributed by atoms with Crippen LogP contribution in [0.4, 0.5) is 4.39 Å². The summed E-state index contributed by atoms with van der Waals surface area (Å²) in [6, 6.07) is 10.1. The van der Waals surface area contributed by atoms with Gasteiger partial charge in [0.25, 0.3) is 0 Å². The lowest BCUT2D eigenvalue weighted by Gasteiger charge is -2.25. The molecule has 0 aliphatic heterocycles. The van der Waals surface area contributed by atoms with Gasteiger partial charge < -0.3 is 19.0 Å². The first-order chi connectivity index (χ1) is 12.2. The number of nitrogens with zero attached hydrogens (tertiary/aromatic N) is 1. The number of methoxy groups -OCH3 is 1. The first-order valence-corrected chi connectivity index (χ1v) is 8.41. The number of rotatable bonds is 12. The van der Waals surface area contributed by atoms with E-state index in [1.54, 1.807) is 31.6 Å². The van der Waals surface area contributed by atoms with E-state index < -0.39 is 6.10 Å². The Hall–Kier alpha value is -1.73. The maximum Gasteiger partial charge on any atom is 0.129 e. The average Bonchev–Trinajstić information content (AvgIpc) is 3.10. The second-order valence-corrected chi connectivity index (χ2v) is 5.96. The third-order valence-electron chi connectivity index (χ3n) is 3.75. The number of aliphatic hydroxyl groups excluding tert-OH is 1. The third kappa shape index (κ3) is 7.79. The van der Waals surface area contributed by atoms with Crippen molar-refractivity contribution in [2.75, 3.05) is 33.4 Å². The molecule has 5 nitrogen and oxygen atoms in total. The minimum Gasteiger partial charge on any atom is -0.467 e. The van der Waals surface area contributed by atoms with Gasteiger partial charge in [-0.3, -0.25) is 4.90 Å². The van der Waals surface area contributed by atoms with Gasteiger partial charge in [-0.2, -0.15) is 0 Å². The molecule has 1 aromatic heterocycles. The summed E-state index contributed by atoms with van der Waals surface area (Å²) in [5.41, 5.74) is 1.00. The van der Waals surface area contributed by atoms with E-state index in [0.29, 0.717) is 26.3 Å². The molecule has 0 aliphatic rings. The molecule has 0 amide bonds. The molecule has 0 radical (unpaired) electrons. The van der Waals surface area contributed by atoms with Crippen LogP contribution in [0.2, 0.25) is 0 Å². The van der Waals surface area contributed by atoms with Crippen LogP contribution in [-0.2, 0) is 22.6 Å². The Morgan fingerprint density at radius 2 is 2.04 bits per heavy atom. The molecule has 138 valence electrons. The van der Waals surface area contributed by atoms with Crippen molar-refractivity contribution < 1.29 is 23.4 Å². The number of hydrogen-bond donors (Lipinski definition) is 1. The van der Waals surface area contributed by atoms with Crippen LogP contribution in [0.5, 0.6) is 0 Å². The summed E-state index contributed by atoms with van der Waals surface area (Å²) in [7, 11) is 1.67. The number of aliphatic hydroxyl groups is 1. The monoisotopic (exact) mass is 351 g/mol. The van der Waals surface area contributed by atoms with E-state index in [1.807, 2.05) is 6.07 Å². The molecule has 1 unspecified atom stereocenters. The fourth-order valence-corrected chi connectivity index (χ4v) is 2.56. The first kappa shape index (κ1) is 19.6. The molecule has 2 rings (SSSR count). The topological polar surface area (TPSA) is 55.1 Å². The Labute approximate surface area is 148 Å². The van der Waals surface area contributed by atoms with Crippen LogP contribution in [0.15, 0.2) is 47.1 Å². The van der Waals surface area contributed by atoms with Crippen molar-refractivity contribution in [3.63, 3.8) is 0 Å². The maximum absolute atomic E-state index is 13.0. The molecule has 6 heteroatoms. The molecule has 0 saturated heterocycles. The number of ether oxygens (including phenoxy) is 2. The molecular formula is C19H26FNO4. The molecule has 25 heavy (non-hydrogen) atoms. The summed E-state index contributed by atoms with van der Waals surface area (Å²) in [4.78, 5) is 2.12. The fourth-order valence-electron chi connectivity index (χ4n) is 2.56. The minimum absolute atomic E-state index is 0.227. The Kier molecular flexibility index (Phi) is 8.62.